The van der Waals surface area contributed by atoms with E-state index in [4.69, 9.17) is 4.74 Å². The third kappa shape index (κ3) is 2.58. The number of benzene rings is 1. The summed E-state index contributed by atoms with van der Waals surface area (Å²) in [6.07, 6.45) is -0.495. The van der Waals surface area contributed by atoms with Gasteiger partial charge in [0.15, 0.2) is 5.82 Å². The lowest BCUT2D eigenvalue weighted by Gasteiger charge is -2.06. The summed E-state index contributed by atoms with van der Waals surface area (Å²) in [5.74, 6) is 0.540. The molecule has 2 heterocycles. The second kappa shape index (κ2) is 5.11. The van der Waals surface area contributed by atoms with Crippen molar-refractivity contribution >= 4 is 11.9 Å². The van der Waals surface area contributed by atoms with Crippen LogP contribution in [0.1, 0.15) is 16.8 Å². The smallest absolute Gasteiger partial charge is 0.413 e. The molecule has 3 N–H and O–H groups in total. The molecule has 0 bridgehead atoms. The van der Waals surface area contributed by atoms with E-state index >= 15 is 0 Å². The number of hydrogen-bond acceptors (Lipinski definition) is 4. The number of aromatic amines is 1. The highest BCUT2D eigenvalue weighted by Crippen LogP contribution is 2.20. The van der Waals surface area contributed by atoms with E-state index in [9.17, 15) is 4.79 Å². The second-order valence-electron chi connectivity index (χ2n) is 4.32. The van der Waals surface area contributed by atoms with Crippen molar-refractivity contribution in [2.24, 2.45) is 0 Å². The van der Waals surface area contributed by atoms with Gasteiger partial charge in [-0.3, -0.25) is 10.4 Å². The molecule has 98 valence electrons. The molecular weight excluding hydrogens is 244 g/mol. The lowest BCUT2D eigenvalue weighted by Crippen LogP contribution is -2.15. The van der Waals surface area contributed by atoms with Crippen LogP contribution in [0.3, 0.4) is 0 Å². The molecule has 2 aromatic rings. The lowest BCUT2D eigenvalue weighted by molar-refractivity contribution is 0.155. The number of amides is 1. The first-order valence-electron chi connectivity index (χ1n) is 6.07. The van der Waals surface area contributed by atoms with Crippen LogP contribution in [0.4, 0.5) is 10.6 Å². The summed E-state index contributed by atoms with van der Waals surface area (Å²) in [6.45, 7) is 1.71. The third-order valence-corrected chi connectivity index (χ3v) is 2.99. The minimum atomic E-state index is -0.495. The van der Waals surface area contributed by atoms with E-state index in [0.29, 0.717) is 12.4 Å². The number of carbonyl (C=O) groups excluding carboxylic acids is 1. The Balaban J connectivity index is 1.57. The topological polar surface area (TPSA) is 79.0 Å². The van der Waals surface area contributed by atoms with E-state index in [0.717, 1.165) is 23.4 Å². The quantitative estimate of drug-likeness (QED) is 0.783. The molecule has 0 unspecified atom stereocenters. The van der Waals surface area contributed by atoms with Gasteiger partial charge in [0, 0.05) is 18.7 Å². The molecule has 0 atom stereocenters. The molecule has 0 saturated carbocycles. The Morgan fingerprint density at radius 2 is 2.16 bits per heavy atom. The number of anilines is 1. The van der Waals surface area contributed by atoms with Crippen molar-refractivity contribution in [3.8, 4) is 0 Å². The van der Waals surface area contributed by atoms with Gasteiger partial charge in [0.25, 0.3) is 0 Å². The molecule has 1 aliphatic heterocycles. The zero-order valence-corrected chi connectivity index (χ0v) is 10.3. The van der Waals surface area contributed by atoms with E-state index in [2.05, 4.69) is 20.8 Å². The van der Waals surface area contributed by atoms with Crippen LogP contribution in [-0.2, 0) is 24.4 Å². The predicted molar refractivity (Wildman–Crippen MR) is 69.4 cm³/mol. The molecule has 3 rings (SSSR count). The SMILES string of the molecule is O=C(Nc1n[nH]c2c1CNC2)OCc1ccccc1. The maximum atomic E-state index is 11.7. The number of rotatable bonds is 3. The van der Waals surface area contributed by atoms with Gasteiger partial charge in [-0.05, 0) is 5.56 Å². The molecule has 6 heteroatoms. The van der Waals surface area contributed by atoms with E-state index in [-0.39, 0.29) is 6.61 Å². The molecule has 1 aliphatic rings. The molecule has 0 radical (unpaired) electrons. The molecular formula is C13H14N4O2. The molecule has 1 amide bonds. The summed E-state index contributed by atoms with van der Waals surface area (Å²) in [5.41, 5.74) is 2.96. The average Bonchev–Trinajstić information content (AvgIpc) is 3.03. The number of H-pyrrole nitrogens is 1. The number of carbonyl (C=O) groups is 1. The van der Waals surface area contributed by atoms with Gasteiger partial charge in [-0.2, -0.15) is 5.10 Å². The van der Waals surface area contributed by atoms with Crippen molar-refractivity contribution in [3.63, 3.8) is 0 Å². The number of nitrogens with one attached hydrogen (secondary N) is 3. The highest BCUT2D eigenvalue weighted by Gasteiger charge is 2.19. The first-order valence-corrected chi connectivity index (χ1v) is 6.07. The van der Waals surface area contributed by atoms with Crippen LogP contribution in [0, 0.1) is 0 Å². The van der Waals surface area contributed by atoms with Crippen molar-refractivity contribution in [1.82, 2.24) is 15.5 Å². The third-order valence-electron chi connectivity index (χ3n) is 2.99. The number of aromatic nitrogens is 2. The Kier molecular flexibility index (Phi) is 3.16. The van der Waals surface area contributed by atoms with Crippen molar-refractivity contribution in [3.05, 3.63) is 47.2 Å². The number of ether oxygens (including phenoxy) is 1. The number of hydrogen-bond donors (Lipinski definition) is 3. The van der Waals surface area contributed by atoms with Crippen LogP contribution in [0.2, 0.25) is 0 Å². The standard InChI is InChI=1S/C13H14N4O2/c18-13(19-8-9-4-2-1-3-5-9)15-12-10-6-14-7-11(10)16-17-12/h1-5,14H,6-8H2,(H2,15,16,17,18). The first kappa shape index (κ1) is 11.7. The summed E-state index contributed by atoms with van der Waals surface area (Å²) in [7, 11) is 0. The molecule has 0 aliphatic carbocycles. The van der Waals surface area contributed by atoms with Crippen molar-refractivity contribution in [1.29, 1.82) is 0 Å². The fraction of sp³-hybridized carbons (Fsp3) is 0.231. The van der Waals surface area contributed by atoms with Crippen molar-refractivity contribution in [2.45, 2.75) is 19.7 Å². The maximum absolute atomic E-state index is 11.7. The zero-order valence-electron chi connectivity index (χ0n) is 10.3. The van der Waals surface area contributed by atoms with Gasteiger partial charge in [-0.25, -0.2) is 4.79 Å². The van der Waals surface area contributed by atoms with Gasteiger partial charge in [-0.1, -0.05) is 30.3 Å². The number of fused-ring (bicyclic) bond motifs is 1. The zero-order chi connectivity index (χ0) is 13.1. The summed E-state index contributed by atoms with van der Waals surface area (Å²) in [4.78, 5) is 11.7. The first-order chi connectivity index (χ1) is 9.33. The Bertz CT molecular complexity index is 580. The van der Waals surface area contributed by atoms with E-state index in [1.165, 1.54) is 0 Å². The Morgan fingerprint density at radius 1 is 1.32 bits per heavy atom. The molecule has 1 aromatic carbocycles. The number of nitrogens with zero attached hydrogens (tertiary/aromatic N) is 1. The van der Waals surface area contributed by atoms with Crippen LogP contribution >= 0.6 is 0 Å². The van der Waals surface area contributed by atoms with Crippen LogP contribution in [0.25, 0.3) is 0 Å². The molecule has 0 spiro atoms. The van der Waals surface area contributed by atoms with Crippen molar-refractivity contribution < 1.29 is 9.53 Å². The van der Waals surface area contributed by atoms with Crippen LogP contribution in [-0.4, -0.2) is 16.3 Å². The van der Waals surface area contributed by atoms with E-state index < -0.39 is 6.09 Å². The van der Waals surface area contributed by atoms with Crippen LogP contribution in [0.5, 0.6) is 0 Å². The molecule has 19 heavy (non-hydrogen) atoms. The summed E-state index contributed by atoms with van der Waals surface area (Å²) < 4.78 is 5.14. The van der Waals surface area contributed by atoms with Gasteiger partial charge < -0.3 is 10.1 Å². The fourth-order valence-electron chi connectivity index (χ4n) is 2.01. The average molecular weight is 258 g/mol. The Hall–Kier alpha value is -2.34. The van der Waals surface area contributed by atoms with E-state index in [1.54, 1.807) is 0 Å². The molecule has 0 fully saturated rings. The van der Waals surface area contributed by atoms with Gasteiger partial charge in [0.2, 0.25) is 0 Å². The second-order valence-corrected chi connectivity index (χ2v) is 4.32. The van der Waals surface area contributed by atoms with E-state index in [1.807, 2.05) is 30.3 Å². The highest BCUT2D eigenvalue weighted by atomic mass is 16.5. The van der Waals surface area contributed by atoms with Gasteiger partial charge in [0.05, 0.1) is 5.69 Å². The molecule has 0 saturated heterocycles. The minimum absolute atomic E-state index is 0.248. The summed E-state index contributed by atoms with van der Waals surface area (Å²) in [6, 6.07) is 9.54. The van der Waals surface area contributed by atoms with Gasteiger partial charge in [0.1, 0.15) is 6.61 Å². The fourth-order valence-corrected chi connectivity index (χ4v) is 2.01. The monoisotopic (exact) mass is 258 g/mol. The Labute approximate surface area is 110 Å². The predicted octanol–water partition coefficient (Wildman–Crippen LogP) is 1.76. The summed E-state index contributed by atoms with van der Waals surface area (Å²) >= 11 is 0. The van der Waals surface area contributed by atoms with Gasteiger partial charge >= 0.3 is 6.09 Å². The molecule has 6 nitrogen and oxygen atoms in total. The molecule has 1 aromatic heterocycles. The maximum Gasteiger partial charge on any atom is 0.413 e. The highest BCUT2D eigenvalue weighted by molar-refractivity contribution is 5.84. The largest absolute Gasteiger partial charge is 0.444 e. The Morgan fingerprint density at radius 3 is 3.00 bits per heavy atom. The van der Waals surface area contributed by atoms with Gasteiger partial charge in [-0.15, -0.1) is 0 Å². The van der Waals surface area contributed by atoms with Crippen LogP contribution in [0.15, 0.2) is 30.3 Å². The minimum Gasteiger partial charge on any atom is -0.444 e. The van der Waals surface area contributed by atoms with Crippen molar-refractivity contribution in [2.75, 3.05) is 5.32 Å². The lowest BCUT2D eigenvalue weighted by atomic mass is 10.2. The summed E-state index contributed by atoms with van der Waals surface area (Å²) in [5, 5.41) is 12.8. The normalized spacial score (nSPS) is 13.1. The van der Waals surface area contributed by atoms with Crippen LogP contribution < -0.4 is 10.6 Å².